The van der Waals surface area contributed by atoms with Crippen LogP contribution in [0.1, 0.15) is 23.2 Å². The first-order valence-corrected chi connectivity index (χ1v) is 11.1. The van der Waals surface area contributed by atoms with Crippen LogP contribution < -0.4 is 15.6 Å². The summed E-state index contributed by atoms with van der Waals surface area (Å²) in [5, 5.41) is 17.0. The Bertz CT molecular complexity index is 1470. The number of amides is 1. The van der Waals surface area contributed by atoms with Gasteiger partial charge in [-0.25, -0.2) is 9.37 Å². The largest absolute Gasteiger partial charge is 0.487 e. The van der Waals surface area contributed by atoms with Crippen molar-refractivity contribution >= 4 is 34.0 Å². The van der Waals surface area contributed by atoms with Crippen LogP contribution in [0, 0.1) is 17.1 Å². The maximum Gasteiger partial charge on any atom is 0.275 e. The van der Waals surface area contributed by atoms with Crippen molar-refractivity contribution in [1.82, 2.24) is 14.6 Å². The zero-order valence-corrected chi connectivity index (χ0v) is 18.8. The Hall–Kier alpha value is -4.36. The number of aromatic nitrogens is 3. The van der Waals surface area contributed by atoms with Gasteiger partial charge < -0.3 is 10.1 Å². The Kier molecular flexibility index (Phi) is 6.75. The number of nitriles is 1. The third-order valence-corrected chi connectivity index (χ3v) is 5.74. The van der Waals surface area contributed by atoms with Gasteiger partial charge in [-0.3, -0.25) is 9.59 Å². The van der Waals surface area contributed by atoms with Crippen molar-refractivity contribution in [3.63, 3.8) is 0 Å². The Morgan fingerprint density at radius 3 is 2.65 bits per heavy atom. The summed E-state index contributed by atoms with van der Waals surface area (Å²) in [4.78, 5) is 29.5. The molecule has 34 heavy (non-hydrogen) atoms. The second-order valence-corrected chi connectivity index (χ2v) is 8.16. The van der Waals surface area contributed by atoms with Gasteiger partial charge in [0.1, 0.15) is 34.8 Å². The topological polar surface area (TPSA) is 109 Å². The highest BCUT2D eigenvalue weighted by atomic mass is 32.1. The Labute approximate surface area is 197 Å². The number of carbonyl (C=O) groups is 1. The van der Waals surface area contributed by atoms with Crippen LogP contribution in [0.25, 0.3) is 11.0 Å². The number of nitrogens with zero attached hydrogens (tertiary/aromatic N) is 4. The van der Waals surface area contributed by atoms with Crippen molar-refractivity contribution in [3.05, 3.63) is 92.6 Å². The lowest BCUT2D eigenvalue weighted by Crippen LogP contribution is -2.16. The van der Waals surface area contributed by atoms with E-state index in [1.165, 1.54) is 52.3 Å². The number of carbonyl (C=O) groups excluding carboxylic acids is 1. The lowest BCUT2D eigenvalue weighted by Gasteiger charge is -2.06. The average Bonchev–Trinajstić information content (AvgIpc) is 3.27. The number of halogens is 1. The van der Waals surface area contributed by atoms with E-state index in [1.54, 1.807) is 24.3 Å². The second kappa shape index (κ2) is 10.1. The maximum absolute atomic E-state index is 13.0. The number of nitrogens with one attached hydrogen (secondary N) is 1. The van der Waals surface area contributed by atoms with Crippen LogP contribution in [0.15, 0.2) is 65.0 Å². The molecular weight excluding hydrogens is 457 g/mol. The number of fused-ring (bicyclic) bond motifs is 1. The molecule has 8 nitrogen and oxygen atoms in total. The second-order valence-electron chi connectivity index (χ2n) is 7.12. The van der Waals surface area contributed by atoms with Gasteiger partial charge in [-0.1, -0.05) is 30.4 Å². The van der Waals surface area contributed by atoms with Crippen molar-refractivity contribution < 1.29 is 13.9 Å². The van der Waals surface area contributed by atoms with Crippen molar-refractivity contribution in [2.45, 2.75) is 20.0 Å². The van der Waals surface area contributed by atoms with Crippen molar-refractivity contribution in [2.24, 2.45) is 0 Å². The Morgan fingerprint density at radius 1 is 1.24 bits per heavy atom. The highest BCUT2D eigenvalue weighted by molar-refractivity contribution is 7.16. The quantitative estimate of drug-likeness (QED) is 0.320. The van der Waals surface area contributed by atoms with Gasteiger partial charge in [-0.05, 0) is 54.5 Å². The van der Waals surface area contributed by atoms with Crippen LogP contribution in [0.3, 0.4) is 0 Å². The summed E-state index contributed by atoms with van der Waals surface area (Å²) >= 11 is 1.36. The van der Waals surface area contributed by atoms with Crippen molar-refractivity contribution in [1.29, 1.82) is 5.26 Å². The number of anilines is 1. The van der Waals surface area contributed by atoms with Gasteiger partial charge >= 0.3 is 0 Å². The average molecular weight is 476 g/mol. The number of hydrogen-bond acceptors (Lipinski definition) is 7. The molecule has 0 aliphatic carbocycles. The maximum atomic E-state index is 13.0. The molecule has 1 amide bonds. The lowest BCUT2D eigenvalue weighted by atomic mass is 10.1. The molecule has 0 unspecified atom stereocenters. The summed E-state index contributed by atoms with van der Waals surface area (Å²) in [7, 11) is 0. The SMILES string of the molecule is CCc1nn2c(=O)cc(COc3ccc(/C=C(\C#N)C(=O)Nc4ccc(F)cc4)cc3)nc2s1. The van der Waals surface area contributed by atoms with Gasteiger partial charge in [0, 0.05) is 11.8 Å². The molecule has 4 aromatic rings. The van der Waals surface area contributed by atoms with Gasteiger partial charge in [0.2, 0.25) is 4.96 Å². The van der Waals surface area contributed by atoms with Gasteiger partial charge in [-0.2, -0.15) is 14.9 Å². The Balaban J connectivity index is 1.42. The molecule has 10 heteroatoms. The Morgan fingerprint density at radius 2 is 1.97 bits per heavy atom. The van der Waals surface area contributed by atoms with Crippen LogP contribution in [-0.4, -0.2) is 20.5 Å². The van der Waals surface area contributed by atoms with Crippen LogP contribution >= 0.6 is 11.3 Å². The zero-order chi connectivity index (χ0) is 24.1. The molecule has 0 spiro atoms. The minimum absolute atomic E-state index is 0.101. The molecule has 1 N–H and O–H groups in total. The summed E-state index contributed by atoms with van der Waals surface area (Å²) in [6, 6.07) is 15.3. The fourth-order valence-corrected chi connectivity index (χ4v) is 3.83. The molecular formula is C24H18FN5O3S. The third kappa shape index (κ3) is 5.33. The van der Waals surface area contributed by atoms with E-state index in [-0.39, 0.29) is 17.7 Å². The van der Waals surface area contributed by atoms with Gasteiger partial charge in [0.05, 0.1) is 5.69 Å². The molecule has 2 heterocycles. The molecule has 0 saturated heterocycles. The van der Waals surface area contributed by atoms with E-state index in [2.05, 4.69) is 15.4 Å². The molecule has 2 aromatic heterocycles. The predicted octanol–water partition coefficient (Wildman–Crippen LogP) is 3.98. The van der Waals surface area contributed by atoms with E-state index >= 15 is 0 Å². The first kappa shape index (κ1) is 22.8. The molecule has 0 fully saturated rings. The molecule has 0 bridgehead atoms. The van der Waals surface area contributed by atoms with Gasteiger partial charge in [0.25, 0.3) is 11.5 Å². The fourth-order valence-electron chi connectivity index (χ4n) is 2.98. The smallest absolute Gasteiger partial charge is 0.275 e. The molecule has 0 aliphatic heterocycles. The summed E-state index contributed by atoms with van der Waals surface area (Å²) < 4.78 is 20.0. The lowest BCUT2D eigenvalue weighted by molar-refractivity contribution is -0.112. The summed E-state index contributed by atoms with van der Waals surface area (Å²) in [6.07, 6.45) is 2.16. The zero-order valence-electron chi connectivity index (χ0n) is 18.0. The number of ether oxygens (including phenoxy) is 1. The third-order valence-electron chi connectivity index (χ3n) is 4.69. The van der Waals surface area contributed by atoms with Crippen LogP contribution in [0.5, 0.6) is 5.75 Å². The van der Waals surface area contributed by atoms with Gasteiger partial charge in [-0.15, -0.1) is 0 Å². The summed E-state index contributed by atoms with van der Waals surface area (Å²) in [5.41, 5.74) is 1.12. The predicted molar refractivity (Wildman–Crippen MR) is 126 cm³/mol. The first-order chi connectivity index (χ1) is 16.4. The van der Waals surface area contributed by atoms with Crippen molar-refractivity contribution in [3.8, 4) is 11.8 Å². The van der Waals surface area contributed by atoms with Crippen LogP contribution in [0.2, 0.25) is 0 Å². The molecule has 0 radical (unpaired) electrons. The normalized spacial score (nSPS) is 11.3. The molecule has 4 rings (SSSR count). The van der Waals surface area contributed by atoms with Crippen molar-refractivity contribution in [2.75, 3.05) is 5.32 Å². The summed E-state index contributed by atoms with van der Waals surface area (Å²) in [6.45, 7) is 2.06. The van der Waals surface area contributed by atoms with Crippen LogP contribution in [-0.2, 0) is 17.8 Å². The first-order valence-electron chi connectivity index (χ1n) is 10.3. The van der Waals surface area contributed by atoms with E-state index in [4.69, 9.17) is 4.74 Å². The van der Waals surface area contributed by atoms with E-state index in [0.29, 0.717) is 27.7 Å². The number of aryl methyl sites for hydroxylation is 1. The number of hydrogen-bond donors (Lipinski definition) is 1. The van der Waals surface area contributed by atoms with Crippen LogP contribution in [0.4, 0.5) is 10.1 Å². The highest BCUT2D eigenvalue weighted by Gasteiger charge is 2.11. The molecule has 170 valence electrons. The van der Waals surface area contributed by atoms with E-state index in [9.17, 15) is 19.2 Å². The van der Waals surface area contributed by atoms with E-state index in [1.807, 2.05) is 13.0 Å². The monoisotopic (exact) mass is 475 g/mol. The number of rotatable bonds is 7. The fraction of sp³-hybridized carbons (Fsp3) is 0.125. The standard InChI is InChI=1S/C24H18FN5O3S/c1-2-21-29-30-22(31)12-19(28-24(30)34-21)14-33-20-9-3-15(4-10-20)11-16(13-26)23(32)27-18-7-5-17(25)6-8-18/h3-12H,2,14H2,1H3,(H,27,32)/b16-11+. The highest BCUT2D eigenvalue weighted by Crippen LogP contribution is 2.18. The number of benzene rings is 2. The molecule has 0 atom stereocenters. The van der Waals surface area contributed by atoms with E-state index in [0.717, 1.165) is 11.4 Å². The van der Waals surface area contributed by atoms with Gasteiger partial charge in [0.15, 0.2) is 0 Å². The minimum atomic E-state index is -0.600. The molecule has 2 aromatic carbocycles. The minimum Gasteiger partial charge on any atom is -0.487 e. The summed E-state index contributed by atoms with van der Waals surface area (Å²) in [5.74, 6) is -0.488. The van der Waals surface area contributed by atoms with E-state index < -0.39 is 11.7 Å². The molecule has 0 saturated carbocycles. The molecule has 0 aliphatic rings.